The zero-order valence-corrected chi connectivity index (χ0v) is 24.6. The number of esters is 1. The van der Waals surface area contributed by atoms with Gasteiger partial charge in [-0.1, -0.05) is 13.8 Å². The van der Waals surface area contributed by atoms with Gasteiger partial charge in [-0.3, -0.25) is 19.0 Å². The summed E-state index contributed by atoms with van der Waals surface area (Å²) in [5.41, 5.74) is 2.57. The molecule has 0 aliphatic heterocycles. The van der Waals surface area contributed by atoms with Gasteiger partial charge in [0.05, 0.1) is 17.7 Å². The first-order chi connectivity index (χ1) is 20.1. The van der Waals surface area contributed by atoms with Gasteiger partial charge in [0, 0.05) is 24.3 Å². The minimum absolute atomic E-state index is 0.0449. The Labute approximate surface area is 246 Å². The minimum atomic E-state index is -1.21. The summed E-state index contributed by atoms with van der Waals surface area (Å²) in [5, 5.41) is 3.13. The Balaban J connectivity index is 1.74. The van der Waals surface area contributed by atoms with Crippen LogP contribution in [-0.2, 0) is 9.53 Å². The Morgan fingerprint density at radius 1 is 0.953 bits per heavy atom. The van der Waals surface area contributed by atoms with Crippen LogP contribution in [0.4, 0.5) is 23.4 Å². The summed E-state index contributed by atoms with van der Waals surface area (Å²) in [7, 11) is 0. The summed E-state index contributed by atoms with van der Waals surface area (Å²) in [6, 6.07) is 5.29. The normalized spacial score (nSPS) is 12.3. The van der Waals surface area contributed by atoms with E-state index in [4.69, 9.17) is 15.2 Å². The molecule has 0 amide bonds. The molecule has 0 spiro atoms. The number of ether oxygens (including phenoxy) is 2. The molecule has 12 heteroatoms. The summed E-state index contributed by atoms with van der Waals surface area (Å²) in [4.78, 5) is 38.0. The molecule has 43 heavy (non-hydrogen) atoms. The predicted octanol–water partition coefficient (Wildman–Crippen LogP) is 5.32. The molecule has 0 saturated heterocycles. The average Bonchev–Trinajstić information content (AvgIpc) is 2.87. The SMILES string of the molecule is CC(C)C[C@@H](NCCCOc1cc(F)c(-n2c(N)c(C(=O)c3ccc(F)cc3F)ccc2=O)c(F)c1)C(=O)OC(C)(C)C. The number of halogens is 4. The van der Waals surface area contributed by atoms with E-state index in [2.05, 4.69) is 5.32 Å². The van der Waals surface area contributed by atoms with Crippen molar-refractivity contribution in [1.29, 1.82) is 0 Å². The molecule has 0 aliphatic carbocycles. The fourth-order valence-corrected chi connectivity index (χ4v) is 4.28. The van der Waals surface area contributed by atoms with Gasteiger partial charge < -0.3 is 20.5 Å². The Morgan fingerprint density at radius 2 is 1.58 bits per heavy atom. The van der Waals surface area contributed by atoms with Gasteiger partial charge in [-0.25, -0.2) is 17.6 Å². The third-order valence-corrected chi connectivity index (χ3v) is 6.14. The van der Waals surface area contributed by atoms with Crippen LogP contribution in [0.1, 0.15) is 63.4 Å². The van der Waals surface area contributed by atoms with Crippen LogP contribution in [0.3, 0.4) is 0 Å². The molecular formula is C31H35F4N3O5. The third-order valence-electron chi connectivity index (χ3n) is 6.14. The molecule has 8 nitrogen and oxygen atoms in total. The van der Waals surface area contributed by atoms with Crippen molar-refractivity contribution in [3.8, 4) is 11.4 Å². The van der Waals surface area contributed by atoms with Crippen molar-refractivity contribution in [3.63, 3.8) is 0 Å². The molecule has 0 unspecified atom stereocenters. The fourth-order valence-electron chi connectivity index (χ4n) is 4.28. The second-order valence-electron chi connectivity index (χ2n) is 11.4. The molecule has 0 saturated carbocycles. The highest BCUT2D eigenvalue weighted by molar-refractivity contribution is 6.11. The van der Waals surface area contributed by atoms with Crippen LogP contribution in [0.25, 0.3) is 5.69 Å². The minimum Gasteiger partial charge on any atom is -0.493 e. The van der Waals surface area contributed by atoms with Crippen molar-refractivity contribution in [1.82, 2.24) is 9.88 Å². The van der Waals surface area contributed by atoms with Crippen molar-refractivity contribution in [3.05, 3.63) is 87.2 Å². The van der Waals surface area contributed by atoms with Crippen LogP contribution >= 0.6 is 0 Å². The number of nitrogen functional groups attached to an aromatic ring is 1. The van der Waals surface area contributed by atoms with Crippen molar-refractivity contribution < 1.29 is 36.6 Å². The fraction of sp³-hybridized carbons (Fsp3) is 0.387. The first-order valence-electron chi connectivity index (χ1n) is 13.7. The molecule has 1 aromatic heterocycles. The maximum absolute atomic E-state index is 15.2. The number of pyridine rings is 1. The number of hydrogen-bond acceptors (Lipinski definition) is 7. The van der Waals surface area contributed by atoms with Gasteiger partial charge in [-0.2, -0.15) is 0 Å². The molecule has 232 valence electrons. The van der Waals surface area contributed by atoms with Crippen LogP contribution in [-0.4, -0.2) is 41.1 Å². The number of hydrogen-bond donors (Lipinski definition) is 2. The van der Waals surface area contributed by atoms with E-state index in [0.717, 1.165) is 36.4 Å². The first-order valence-corrected chi connectivity index (χ1v) is 13.7. The number of aromatic nitrogens is 1. The van der Waals surface area contributed by atoms with Gasteiger partial charge in [-0.15, -0.1) is 0 Å². The van der Waals surface area contributed by atoms with Crippen LogP contribution in [0.15, 0.2) is 47.3 Å². The largest absolute Gasteiger partial charge is 0.493 e. The zero-order valence-electron chi connectivity index (χ0n) is 24.6. The lowest BCUT2D eigenvalue weighted by Gasteiger charge is -2.25. The summed E-state index contributed by atoms with van der Waals surface area (Å²) < 4.78 is 69.2. The van der Waals surface area contributed by atoms with E-state index in [1.165, 1.54) is 0 Å². The zero-order chi connectivity index (χ0) is 32.1. The molecule has 0 aliphatic rings. The molecule has 0 fully saturated rings. The highest BCUT2D eigenvalue weighted by Gasteiger charge is 2.26. The molecule has 2 aromatic carbocycles. The van der Waals surface area contributed by atoms with E-state index in [1.54, 1.807) is 20.8 Å². The smallest absolute Gasteiger partial charge is 0.323 e. The van der Waals surface area contributed by atoms with Gasteiger partial charge >= 0.3 is 5.97 Å². The predicted molar refractivity (Wildman–Crippen MR) is 153 cm³/mol. The maximum atomic E-state index is 15.2. The van der Waals surface area contributed by atoms with Gasteiger partial charge in [0.1, 0.15) is 40.5 Å². The number of carbonyl (C=O) groups is 2. The molecule has 3 rings (SSSR count). The number of rotatable bonds is 12. The van der Waals surface area contributed by atoms with E-state index in [-0.39, 0.29) is 24.2 Å². The van der Waals surface area contributed by atoms with Crippen molar-refractivity contribution in [2.75, 3.05) is 18.9 Å². The summed E-state index contributed by atoms with van der Waals surface area (Å²) >= 11 is 0. The second-order valence-corrected chi connectivity index (χ2v) is 11.4. The molecule has 3 aromatic rings. The quantitative estimate of drug-likeness (QED) is 0.124. The Morgan fingerprint density at radius 3 is 2.16 bits per heavy atom. The molecule has 0 radical (unpaired) electrons. The lowest BCUT2D eigenvalue weighted by molar-refractivity contribution is -0.158. The van der Waals surface area contributed by atoms with Crippen LogP contribution < -0.4 is 21.3 Å². The van der Waals surface area contributed by atoms with E-state index in [9.17, 15) is 23.2 Å². The highest BCUT2D eigenvalue weighted by atomic mass is 19.1. The Bertz CT molecular complexity index is 1530. The summed E-state index contributed by atoms with van der Waals surface area (Å²) in [6.45, 7) is 9.72. The van der Waals surface area contributed by atoms with E-state index >= 15 is 8.78 Å². The topological polar surface area (TPSA) is 113 Å². The lowest BCUT2D eigenvalue weighted by atomic mass is 10.0. The van der Waals surface area contributed by atoms with E-state index in [0.29, 0.717) is 30.0 Å². The van der Waals surface area contributed by atoms with Gasteiger partial charge in [-0.05, 0) is 64.3 Å². The number of anilines is 1. The van der Waals surface area contributed by atoms with Gasteiger partial charge in [0.2, 0.25) is 0 Å². The van der Waals surface area contributed by atoms with Crippen LogP contribution in [0.5, 0.6) is 5.75 Å². The molecular weight excluding hydrogens is 570 g/mol. The van der Waals surface area contributed by atoms with Crippen LogP contribution in [0.2, 0.25) is 0 Å². The first kappa shape index (κ1) is 33.3. The lowest BCUT2D eigenvalue weighted by Crippen LogP contribution is -2.42. The van der Waals surface area contributed by atoms with Gasteiger partial charge in [0.15, 0.2) is 17.4 Å². The van der Waals surface area contributed by atoms with Crippen LogP contribution in [0, 0.1) is 29.2 Å². The molecule has 1 heterocycles. The molecule has 0 bridgehead atoms. The second kappa shape index (κ2) is 13.9. The summed E-state index contributed by atoms with van der Waals surface area (Å²) in [6.07, 6.45) is 0.945. The Hall–Kier alpha value is -4.19. The number of benzene rings is 2. The molecule has 3 N–H and O–H groups in total. The summed E-state index contributed by atoms with van der Waals surface area (Å²) in [5.74, 6) is -6.46. The number of ketones is 1. The Kier molecular flexibility index (Phi) is 10.7. The van der Waals surface area contributed by atoms with Crippen molar-refractivity contribution in [2.45, 2.75) is 59.1 Å². The standard InChI is InChI=1S/C31H35F4N3O5/c1-17(2)13-25(30(41)43-31(3,4)5)37-11-6-12-42-19-15-23(34)27(24(35)16-19)38-26(39)10-9-21(29(38)36)28(40)20-8-7-18(32)14-22(20)33/h7-10,14-17,25,37H,6,11-13,36H2,1-5H3/t25-/m1/s1. The highest BCUT2D eigenvalue weighted by Crippen LogP contribution is 2.27. The average molecular weight is 606 g/mol. The number of nitrogens with two attached hydrogens (primary N) is 1. The van der Waals surface area contributed by atoms with E-state index < -0.39 is 68.9 Å². The number of nitrogens with zero attached hydrogens (tertiary/aromatic N) is 1. The molecule has 1 atom stereocenters. The van der Waals surface area contributed by atoms with E-state index in [1.807, 2.05) is 13.8 Å². The maximum Gasteiger partial charge on any atom is 0.323 e. The van der Waals surface area contributed by atoms with Gasteiger partial charge in [0.25, 0.3) is 5.56 Å². The monoisotopic (exact) mass is 605 g/mol. The van der Waals surface area contributed by atoms with Crippen molar-refractivity contribution >= 4 is 17.6 Å². The number of carbonyl (C=O) groups excluding carboxylic acids is 2. The van der Waals surface area contributed by atoms with Crippen molar-refractivity contribution in [2.24, 2.45) is 5.92 Å². The number of nitrogens with one attached hydrogen (secondary N) is 1. The third kappa shape index (κ3) is 8.66.